The van der Waals surface area contributed by atoms with Crippen LogP contribution in [0.2, 0.25) is 0 Å². The van der Waals surface area contributed by atoms with Crippen LogP contribution < -0.4 is 10.5 Å². The van der Waals surface area contributed by atoms with Crippen molar-refractivity contribution in [3.63, 3.8) is 0 Å². The summed E-state index contributed by atoms with van der Waals surface area (Å²) < 4.78 is 5.71. The largest absolute Gasteiger partial charge is 0.493 e. The second-order valence-electron chi connectivity index (χ2n) is 7.79. The van der Waals surface area contributed by atoms with Crippen molar-refractivity contribution >= 4 is 11.8 Å². The first-order valence-electron chi connectivity index (χ1n) is 10.2. The fourth-order valence-corrected chi connectivity index (χ4v) is 4.16. The van der Waals surface area contributed by atoms with Gasteiger partial charge in [-0.2, -0.15) is 0 Å². The van der Waals surface area contributed by atoms with E-state index in [1.165, 1.54) is 0 Å². The number of fused-ring (bicyclic) bond motifs is 1. The second kappa shape index (κ2) is 8.66. The van der Waals surface area contributed by atoms with Gasteiger partial charge in [0.15, 0.2) is 0 Å². The number of nitrogens with zero attached hydrogens (tertiary/aromatic N) is 2. The predicted molar refractivity (Wildman–Crippen MR) is 111 cm³/mol. The maximum absolute atomic E-state index is 12.9. The Hall–Kier alpha value is -2.86. The molecule has 0 bridgehead atoms. The van der Waals surface area contributed by atoms with E-state index in [2.05, 4.69) is 11.0 Å². The Morgan fingerprint density at radius 1 is 1.00 bits per heavy atom. The van der Waals surface area contributed by atoms with Crippen LogP contribution in [0.5, 0.6) is 5.75 Å². The number of ether oxygens (including phenoxy) is 1. The lowest BCUT2D eigenvalue weighted by molar-refractivity contribution is -0.133. The molecule has 152 valence electrons. The highest BCUT2D eigenvalue weighted by Gasteiger charge is 2.27. The highest BCUT2D eigenvalue weighted by molar-refractivity contribution is 5.92. The highest BCUT2D eigenvalue weighted by atomic mass is 16.5. The number of carbonyl (C=O) groups is 2. The van der Waals surface area contributed by atoms with E-state index in [0.29, 0.717) is 18.6 Å². The van der Waals surface area contributed by atoms with Gasteiger partial charge in [0.1, 0.15) is 5.75 Å². The Morgan fingerprint density at radius 2 is 1.72 bits per heavy atom. The van der Waals surface area contributed by atoms with E-state index in [0.717, 1.165) is 56.0 Å². The summed E-state index contributed by atoms with van der Waals surface area (Å²) in [7, 11) is 0. The maximum atomic E-state index is 12.9. The second-order valence-corrected chi connectivity index (χ2v) is 7.79. The molecule has 1 atom stereocenters. The molecular weight excluding hydrogens is 366 g/mol. The van der Waals surface area contributed by atoms with Crippen molar-refractivity contribution in [1.82, 2.24) is 9.80 Å². The minimum absolute atomic E-state index is 0.233. The Bertz CT molecular complexity index is 873. The van der Waals surface area contributed by atoms with Gasteiger partial charge < -0.3 is 15.4 Å². The van der Waals surface area contributed by atoms with Gasteiger partial charge in [-0.1, -0.05) is 30.3 Å². The van der Waals surface area contributed by atoms with Gasteiger partial charge in [-0.25, -0.2) is 0 Å². The molecule has 6 nitrogen and oxygen atoms in total. The minimum Gasteiger partial charge on any atom is -0.493 e. The molecule has 2 aliphatic heterocycles. The Morgan fingerprint density at radius 3 is 2.45 bits per heavy atom. The minimum atomic E-state index is -0.407. The zero-order valence-corrected chi connectivity index (χ0v) is 16.5. The molecule has 4 rings (SSSR count). The Balaban J connectivity index is 1.28. The van der Waals surface area contributed by atoms with Crippen molar-refractivity contribution in [2.75, 3.05) is 32.8 Å². The lowest BCUT2D eigenvalue weighted by atomic mass is 9.90. The van der Waals surface area contributed by atoms with Gasteiger partial charge in [0.25, 0.3) is 0 Å². The van der Waals surface area contributed by atoms with Crippen LogP contribution >= 0.6 is 0 Å². The van der Waals surface area contributed by atoms with E-state index < -0.39 is 5.91 Å². The molecule has 2 heterocycles. The summed E-state index contributed by atoms with van der Waals surface area (Å²) in [5.74, 6) is 0.992. The first-order chi connectivity index (χ1) is 14.1. The molecule has 1 fully saturated rings. The maximum Gasteiger partial charge on any atom is 0.248 e. The summed E-state index contributed by atoms with van der Waals surface area (Å²) in [6.45, 7) is 4.71. The first-order valence-corrected chi connectivity index (χ1v) is 10.2. The average molecular weight is 393 g/mol. The van der Waals surface area contributed by atoms with Crippen LogP contribution in [0.25, 0.3) is 0 Å². The molecule has 0 saturated carbocycles. The zero-order chi connectivity index (χ0) is 20.2. The average Bonchev–Trinajstić information content (AvgIpc) is 2.75. The van der Waals surface area contributed by atoms with Gasteiger partial charge in [0, 0.05) is 44.7 Å². The van der Waals surface area contributed by atoms with E-state index in [-0.39, 0.29) is 11.8 Å². The zero-order valence-electron chi connectivity index (χ0n) is 16.5. The van der Waals surface area contributed by atoms with Gasteiger partial charge in [-0.15, -0.1) is 0 Å². The normalized spacial score (nSPS) is 19.3. The Kier molecular flexibility index (Phi) is 5.81. The molecule has 0 spiro atoms. The summed E-state index contributed by atoms with van der Waals surface area (Å²) in [6.07, 6.45) is 1.44. The van der Waals surface area contributed by atoms with Crippen LogP contribution in [-0.4, -0.2) is 54.4 Å². The van der Waals surface area contributed by atoms with E-state index in [9.17, 15) is 9.59 Å². The SMILES string of the molecule is NC(=O)c1ccc(CN2CCN(C(=O)CC3CCOc4ccccc43)CC2)cc1. The lowest BCUT2D eigenvalue weighted by Crippen LogP contribution is -2.48. The fourth-order valence-electron chi connectivity index (χ4n) is 4.16. The summed E-state index contributed by atoms with van der Waals surface area (Å²) >= 11 is 0. The monoisotopic (exact) mass is 393 g/mol. The van der Waals surface area contributed by atoms with Crippen molar-refractivity contribution in [3.8, 4) is 5.75 Å². The van der Waals surface area contributed by atoms with E-state index in [1.54, 1.807) is 12.1 Å². The number of benzene rings is 2. The number of amides is 2. The Labute approximate surface area is 171 Å². The lowest BCUT2D eigenvalue weighted by Gasteiger charge is -2.36. The molecule has 2 aromatic carbocycles. The van der Waals surface area contributed by atoms with Gasteiger partial charge in [-0.3, -0.25) is 14.5 Å². The predicted octanol–water partition coefficient (Wildman–Crippen LogP) is 2.39. The molecule has 0 aliphatic carbocycles. The molecule has 2 amide bonds. The third-order valence-corrected chi connectivity index (χ3v) is 5.87. The van der Waals surface area contributed by atoms with Gasteiger partial charge in [0.2, 0.25) is 11.8 Å². The van der Waals surface area contributed by atoms with Crippen LogP contribution in [0.3, 0.4) is 0 Å². The molecular formula is C23H27N3O3. The number of hydrogen-bond donors (Lipinski definition) is 1. The molecule has 6 heteroatoms. The molecule has 2 aromatic rings. The molecule has 1 saturated heterocycles. The topological polar surface area (TPSA) is 75.9 Å². The van der Waals surface area contributed by atoms with Gasteiger partial charge in [-0.05, 0) is 41.7 Å². The van der Waals surface area contributed by atoms with Crippen molar-refractivity contribution in [2.45, 2.75) is 25.3 Å². The third-order valence-electron chi connectivity index (χ3n) is 5.87. The van der Waals surface area contributed by atoms with E-state index in [4.69, 9.17) is 10.5 Å². The summed E-state index contributed by atoms with van der Waals surface area (Å²) in [5, 5.41) is 0. The molecule has 1 unspecified atom stereocenters. The van der Waals surface area contributed by atoms with Crippen molar-refractivity contribution < 1.29 is 14.3 Å². The summed E-state index contributed by atoms with van der Waals surface area (Å²) in [6, 6.07) is 15.5. The van der Waals surface area contributed by atoms with E-state index >= 15 is 0 Å². The van der Waals surface area contributed by atoms with Crippen LogP contribution in [0.1, 0.15) is 40.2 Å². The molecule has 0 aromatic heterocycles. The summed E-state index contributed by atoms with van der Waals surface area (Å²) in [4.78, 5) is 28.4. The number of piperazine rings is 1. The van der Waals surface area contributed by atoms with Crippen LogP contribution in [0.15, 0.2) is 48.5 Å². The molecule has 29 heavy (non-hydrogen) atoms. The highest BCUT2D eigenvalue weighted by Crippen LogP contribution is 2.35. The van der Waals surface area contributed by atoms with Crippen molar-refractivity contribution in [1.29, 1.82) is 0 Å². The number of nitrogens with two attached hydrogens (primary N) is 1. The molecule has 0 radical (unpaired) electrons. The van der Waals surface area contributed by atoms with Crippen LogP contribution in [0.4, 0.5) is 0 Å². The summed E-state index contributed by atoms with van der Waals surface area (Å²) in [5.41, 5.74) is 8.12. The van der Waals surface area contributed by atoms with Gasteiger partial charge >= 0.3 is 0 Å². The van der Waals surface area contributed by atoms with Crippen LogP contribution in [-0.2, 0) is 11.3 Å². The number of rotatable bonds is 5. The van der Waals surface area contributed by atoms with Gasteiger partial charge in [0.05, 0.1) is 6.61 Å². The van der Waals surface area contributed by atoms with Crippen LogP contribution in [0, 0.1) is 0 Å². The first kappa shape index (κ1) is 19.5. The number of hydrogen-bond acceptors (Lipinski definition) is 4. The number of carbonyl (C=O) groups excluding carboxylic acids is 2. The quantitative estimate of drug-likeness (QED) is 0.846. The number of primary amides is 1. The molecule has 2 aliphatic rings. The van der Waals surface area contributed by atoms with Crippen molar-refractivity contribution in [3.05, 3.63) is 65.2 Å². The smallest absolute Gasteiger partial charge is 0.248 e. The standard InChI is InChI=1S/C23H27N3O3/c24-23(28)18-7-5-17(6-8-18)16-25-10-12-26(13-11-25)22(27)15-19-9-14-29-21-4-2-1-3-20(19)21/h1-8,19H,9-16H2,(H2,24,28). The fraction of sp³-hybridized carbons (Fsp3) is 0.391. The third kappa shape index (κ3) is 4.59. The number of para-hydroxylation sites is 1. The van der Waals surface area contributed by atoms with E-state index in [1.807, 2.05) is 35.2 Å². The van der Waals surface area contributed by atoms with Crippen molar-refractivity contribution in [2.24, 2.45) is 5.73 Å². The molecule has 2 N–H and O–H groups in total.